The number of Topliss-reactive ketones (excluding diaryl/α,β-unsaturated/α-hetero) is 2. The molecule has 26 heavy (non-hydrogen) atoms. The molecule has 0 radical (unpaired) electrons. The fourth-order valence-corrected chi connectivity index (χ4v) is 5.83. The molecule has 1 aromatic carbocycles. The zero-order valence-electron chi connectivity index (χ0n) is 15.4. The van der Waals surface area contributed by atoms with Crippen molar-refractivity contribution in [1.29, 1.82) is 0 Å². The predicted octanol–water partition coefficient (Wildman–Crippen LogP) is 5.14. The van der Waals surface area contributed by atoms with Crippen molar-refractivity contribution in [2.24, 2.45) is 11.3 Å². The Labute approximate surface area is 162 Å². The Bertz CT molecular complexity index is 871. The highest BCUT2D eigenvalue weighted by molar-refractivity contribution is 7.98. The topological polar surface area (TPSA) is 47.0 Å². The molecule has 3 atom stereocenters. The van der Waals surface area contributed by atoms with Gasteiger partial charge in [-0.15, -0.1) is 23.1 Å². The van der Waals surface area contributed by atoms with Gasteiger partial charge in [0.15, 0.2) is 11.6 Å². The van der Waals surface area contributed by atoms with Gasteiger partial charge in [-0.05, 0) is 44.1 Å². The van der Waals surface area contributed by atoms with Crippen LogP contribution < -0.4 is 0 Å². The average Bonchev–Trinajstić information content (AvgIpc) is 3.24. The molecule has 2 unspecified atom stereocenters. The first kappa shape index (κ1) is 17.9. The lowest BCUT2D eigenvalue weighted by Crippen LogP contribution is -2.41. The number of thiazole rings is 1. The van der Waals surface area contributed by atoms with Gasteiger partial charge < -0.3 is 0 Å². The Morgan fingerprint density at radius 3 is 2.65 bits per heavy atom. The van der Waals surface area contributed by atoms with E-state index < -0.39 is 5.92 Å². The largest absolute Gasteiger partial charge is 0.298 e. The van der Waals surface area contributed by atoms with Crippen molar-refractivity contribution >= 4 is 34.7 Å². The summed E-state index contributed by atoms with van der Waals surface area (Å²) in [5, 5.41) is 0.910. The number of ketones is 2. The number of nitrogens with zero attached hydrogens (tertiary/aromatic N) is 1. The van der Waals surface area contributed by atoms with E-state index in [1.807, 2.05) is 6.92 Å². The number of rotatable bonds is 4. The van der Waals surface area contributed by atoms with Crippen molar-refractivity contribution in [3.63, 3.8) is 0 Å². The second-order valence-corrected chi connectivity index (χ2v) is 9.57. The zero-order chi connectivity index (χ0) is 18.5. The molecule has 3 nitrogen and oxygen atoms in total. The third-order valence-corrected chi connectivity index (χ3v) is 7.95. The quantitative estimate of drug-likeness (QED) is 0.540. The first-order valence-corrected chi connectivity index (χ1v) is 11.2. The maximum Gasteiger partial charge on any atom is 0.155 e. The van der Waals surface area contributed by atoms with Crippen molar-refractivity contribution in [1.82, 2.24) is 4.98 Å². The normalized spacial score (nSPS) is 28.0. The Morgan fingerprint density at radius 1 is 1.27 bits per heavy atom. The minimum absolute atomic E-state index is 0.0402. The van der Waals surface area contributed by atoms with Crippen LogP contribution >= 0.6 is 23.1 Å². The molecule has 2 aromatic rings. The molecule has 136 valence electrons. The van der Waals surface area contributed by atoms with Gasteiger partial charge in [0.1, 0.15) is 10.9 Å². The molecule has 0 saturated heterocycles. The van der Waals surface area contributed by atoms with Crippen molar-refractivity contribution in [2.75, 3.05) is 6.26 Å². The summed E-state index contributed by atoms with van der Waals surface area (Å²) in [7, 11) is 0. The molecule has 2 fully saturated rings. The highest BCUT2D eigenvalue weighted by atomic mass is 32.2. The van der Waals surface area contributed by atoms with Gasteiger partial charge >= 0.3 is 0 Å². The molecule has 0 N–H and O–H groups in total. The zero-order valence-corrected chi connectivity index (χ0v) is 17.0. The van der Waals surface area contributed by atoms with Gasteiger partial charge in [0, 0.05) is 26.7 Å². The van der Waals surface area contributed by atoms with Crippen LogP contribution in [0.3, 0.4) is 0 Å². The number of fused-ring (bicyclic) bond motifs is 2. The van der Waals surface area contributed by atoms with E-state index in [4.69, 9.17) is 4.98 Å². The molecule has 4 rings (SSSR count). The molecule has 0 amide bonds. The van der Waals surface area contributed by atoms with Crippen LogP contribution in [0.4, 0.5) is 0 Å². The summed E-state index contributed by atoms with van der Waals surface area (Å²) in [6.07, 6.45) is 5.28. The van der Waals surface area contributed by atoms with Crippen LogP contribution in [0.1, 0.15) is 49.6 Å². The molecule has 2 bridgehead atoms. The van der Waals surface area contributed by atoms with Gasteiger partial charge in [-0.2, -0.15) is 0 Å². The Morgan fingerprint density at radius 2 is 2.00 bits per heavy atom. The van der Waals surface area contributed by atoms with E-state index in [1.165, 1.54) is 4.90 Å². The number of benzene rings is 1. The second-order valence-electron chi connectivity index (χ2n) is 7.61. The lowest BCUT2D eigenvalue weighted by molar-refractivity contribution is -0.140. The van der Waals surface area contributed by atoms with E-state index in [0.29, 0.717) is 0 Å². The average molecular weight is 386 g/mol. The van der Waals surface area contributed by atoms with Gasteiger partial charge in [-0.25, -0.2) is 4.98 Å². The highest BCUT2D eigenvalue weighted by Crippen LogP contribution is 2.52. The maximum atomic E-state index is 13.2. The molecular weight excluding hydrogens is 362 g/mol. The summed E-state index contributed by atoms with van der Waals surface area (Å²) in [6, 6.07) is 8.32. The number of aromatic nitrogens is 1. The fourth-order valence-electron chi connectivity index (χ4n) is 4.38. The van der Waals surface area contributed by atoms with E-state index in [1.54, 1.807) is 23.1 Å². The molecule has 2 aliphatic rings. The second kappa shape index (κ2) is 6.61. The van der Waals surface area contributed by atoms with Crippen LogP contribution in [0.2, 0.25) is 0 Å². The number of hydrogen-bond donors (Lipinski definition) is 0. The van der Waals surface area contributed by atoms with Crippen LogP contribution in [-0.4, -0.2) is 22.8 Å². The van der Waals surface area contributed by atoms with Crippen molar-refractivity contribution in [2.45, 2.75) is 50.3 Å². The van der Waals surface area contributed by atoms with Crippen LogP contribution in [0.5, 0.6) is 0 Å². The molecule has 0 aliphatic heterocycles. The Hall–Kier alpha value is -1.46. The molecule has 2 aliphatic carbocycles. The lowest BCUT2D eigenvalue weighted by Gasteiger charge is -2.32. The lowest BCUT2D eigenvalue weighted by atomic mass is 9.69. The minimum atomic E-state index is -0.647. The van der Waals surface area contributed by atoms with Crippen molar-refractivity contribution in [3.05, 3.63) is 34.8 Å². The maximum absolute atomic E-state index is 13.2. The first-order chi connectivity index (χ1) is 12.5. The third kappa shape index (κ3) is 2.76. The molecule has 5 heteroatoms. The third-order valence-electron chi connectivity index (χ3n) is 5.94. The van der Waals surface area contributed by atoms with Gasteiger partial charge in [0.2, 0.25) is 0 Å². The van der Waals surface area contributed by atoms with Crippen LogP contribution in [0.25, 0.3) is 10.6 Å². The summed E-state index contributed by atoms with van der Waals surface area (Å²) in [5.74, 6) is -0.403. The van der Waals surface area contributed by atoms with Crippen molar-refractivity contribution in [3.8, 4) is 10.6 Å². The van der Waals surface area contributed by atoms with E-state index in [-0.39, 0.29) is 22.9 Å². The Kier molecular flexibility index (Phi) is 4.56. The molecule has 1 heterocycles. The molecule has 2 saturated carbocycles. The number of aryl methyl sites for hydroxylation is 1. The van der Waals surface area contributed by atoms with Gasteiger partial charge in [0.05, 0.1) is 5.69 Å². The molecular formula is C21H23NO2S2. The summed E-state index contributed by atoms with van der Waals surface area (Å²) in [5.41, 5.74) is 1.45. The minimum Gasteiger partial charge on any atom is -0.298 e. The van der Waals surface area contributed by atoms with Gasteiger partial charge in [0.25, 0.3) is 0 Å². The molecule has 1 aromatic heterocycles. The van der Waals surface area contributed by atoms with Crippen LogP contribution in [0, 0.1) is 11.3 Å². The standard InChI is InChI=1S/C21H23NO2S2/c1-4-15-17(16-18(23)13-9-10-21(2,11-13)19(16)24)22-20(26-15)12-5-7-14(25-3)8-6-12/h5-8,13,16H,4,9-11H2,1-3H3/t13-,16?,21?/m1/s1. The fraction of sp³-hybridized carbons (Fsp3) is 0.476. The van der Waals surface area contributed by atoms with Gasteiger partial charge in [-0.1, -0.05) is 26.0 Å². The summed E-state index contributed by atoms with van der Waals surface area (Å²) in [4.78, 5) is 33.2. The summed E-state index contributed by atoms with van der Waals surface area (Å²) in [6.45, 7) is 4.11. The smallest absolute Gasteiger partial charge is 0.155 e. The van der Waals surface area contributed by atoms with E-state index in [9.17, 15) is 9.59 Å². The van der Waals surface area contributed by atoms with E-state index in [2.05, 4.69) is 37.4 Å². The number of hydrogen-bond acceptors (Lipinski definition) is 5. The monoisotopic (exact) mass is 385 g/mol. The van der Waals surface area contributed by atoms with Crippen LogP contribution in [-0.2, 0) is 16.0 Å². The Balaban J connectivity index is 1.75. The molecule has 0 spiro atoms. The van der Waals surface area contributed by atoms with Crippen LogP contribution in [0.15, 0.2) is 29.2 Å². The van der Waals surface area contributed by atoms with E-state index in [0.717, 1.165) is 46.8 Å². The predicted molar refractivity (Wildman–Crippen MR) is 107 cm³/mol. The number of thioether (sulfide) groups is 1. The summed E-state index contributed by atoms with van der Waals surface area (Å²) < 4.78 is 0. The van der Waals surface area contributed by atoms with Crippen molar-refractivity contribution < 1.29 is 9.59 Å². The summed E-state index contributed by atoms with van der Waals surface area (Å²) >= 11 is 3.33. The SMILES string of the molecule is CCc1sc(-c2ccc(SC)cc2)nc1C1C(=O)[C@@H]2CCC(C)(C2)C1=O. The number of carbonyl (C=O) groups is 2. The van der Waals surface area contributed by atoms with E-state index >= 15 is 0 Å². The van der Waals surface area contributed by atoms with Gasteiger partial charge in [-0.3, -0.25) is 9.59 Å². The highest BCUT2D eigenvalue weighted by Gasteiger charge is 2.55. The first-order valence-electron chi connectivity index (χ1n) is 9.19. The number of carbonyl (C=O) groups excluding carboxylic acids is 2.